The van der Waals surface area contributed by atoms with Crippen molar-refractivity contribution < 1.29 is 4.79 Å². The molecule has 0 bridgehead atoms. The molecule has 0 unspecified atom stereocenters. The molecule has 0 atom stereocenters. The third-order valence-corrected chi connectivity index (χ3v) is 2.72. The van der Waals surface area contributed by atoms with Gasteiger partial charge in [0.2, 0.25) is 0 Å². The Morgan fingerprint density at radius 3 is 2.65 bits per heavy atom. The van der Waals surface area contributed by atoms with Crippen LogP contribution in [0.15, 0.2) is 36.4 Å². The fourth-order valence-corrected chi connectivity index (χ4v) is 1.93. The highest BCUT2D eigenvalue weighted by Crippen LogP contribution is 2.26. The van der Waals surface area contributed by atoms with Crippen molar-refractivity contribution in [1.82, 2.24) is 9.97 Å². The molecule has 0 spiro atoms. The lowest BCUT2D eigenvalue weighted by Gasteiger charge is -2.05. The van der Waals surface area contributed by atoms with E-state index in [1.54, 1.807) is 6.07 Å². The number of benzene rings is 1. The summed E-state index contributed by atoms with van der Waals surface area (Å²) in [6, 6.07) is 11.2. The van der Waals surface area contributed by atoms with E-state index in [1.165, 1.54) is 0 Å². The number of aldehydes is 1. The SMILES string of the molecule is Nc1nc2ccccc2c2ccc(C=O)nc12. The van der Waals surface area contributed by atoms with Crippen molar-refractivity contribution >= 4 is 33.9 Å². The molecule has 2 aromatic heterocycles. The highest BCUT2D eigenvalue weighted by Gasteiger charge is 2.07. The summed E-state index contributed by atoms with van der Waals surface area (Å²) < 4.78 is 0. The molecule has 0 amide bonds. The molecule has 0 aliphatic rings. The number of nitrogen functional groups attached to an aromatic ring is 1. The van der Waals surface area contributed by atoms with Gasteiger partial charge < -0.3 is 5.73 Å². The zero-order valence-corrected chi connectivity index (χ0v) is 8.92. The number of carbonyl (C=O) groups excluding carboxylic acids is 1. The van der Waals surface area contributed by atoms with Gasteiger partial charge >= 0.3 is 0 Å². The van der Waals surface area contributed by atoms with Gasteiger partial charge in [0, 0.05) is 10.8 Å². The molecule has 2 N–H and O–H groups in total. The first-order valence-electron chi connectivity index (χ1n) is 5.20. The van der Waals surface area contributed by atoms with Crippen LogP contribution in [0.4, 0.5) is 5.82 Å². The molecule has 4 heteroatoms. The maximum atomic E-state index is 10.7. The molecule has 4 nitrogen and oxygen atoms in total. The number of hydrogen-bond acceptors (Lipinski definition) is 4. The van der Waals surface area contributed by atoms with Gasteiger partial charge in [0.15, 0.2) is 12.1 Å². The van der Waals surface area contributed by atoms with E-state index >= 15 is 0 Å². The Morgan fingerprint density at radius 1 is 1.00 bits per heavy atom. The Labute approximate surface area is 97.1 Å². The summed E-state index contributed by atoms with van der Waals surface area (Å²) in [5.74, 6) is 0.349. The summed E-state index contributed by atoms with van der Waals surface area (Å²) in [6.07, 6.45) is 0.702. The quantitative estimate of drug-likeness (QED) is 0.507. The predicted molar refractivity (Wildman–Crippen MR) is 66.8 cm³/mol. The van der Waals surface area contributed by atoms with Gasteiger partial charge in [0.1, 0.15) is 11.2 Å². The lowest BCUT2D eigenvalue weighted by molar-refractivity contribution is 0.111. The summed E-state index contributed by atoms with van der Waals surface area (Å²) in [7, 11) is 0. The highest BCUT2D eigenvalue weighted by atomic mass is 16.1. The van der Waals surface area contributed by atoms with E-state index in [1.807, 2.05) is 30.3 Å². The number of fused-ring (bicyclic) bond motifs is 3. The van der Waals surface area contributed by atoms with E-state index in [4.69, 9.17) is 5.73 Å². The number of carbonyl (C=O) groups is 1. The zero-order chi connectivity index (χ0) is 11.8. The summed E-state index contributed by atoms with van der Waals surface area (Å²) in [5.41, 5.74) is 7.63. The van der Waals surface area contributed by atoms with E-state index in [9.17, 15) is 4.79 Å². The van der Waals surface area contributed by atoms with E-state index in [2.05, 4.69) is 9.97 Å². The van der Waals surface area contributed by atoms with Gasteiger partial charge in [-0.15, -0.1) is 0 Å². The third-order valence-electron chi connectivity index (χ3n) is 2.72. The predicted octanol–water partition coefficient (Wildman–Crippen LogP) is 2.18. The Bertz CT molecular complexity index is 737. The van der Waals surface area contributed by atoms with Gasteiger partial charge in [-0.1, -0.05) is 18.2 Å². The van der Waals surface area contributed by atoms with Gasteiger partial charge in [-0.3, -0.25) is 4.79 Å². The molecule has 0 saturated carbocycles. The van der Waals surface area contributed by atoms with Gasteiger partial charge in [-0.05, 0) is 18.2 Å². The monoisotopic (exact) mass is 223 g/mol. The van der Waals surface area contributed by atoms with Gasteiger partial charge in [-0.25, -0.2) is 9.97 Å². The summed E-state index contributed by atoms with van der Waals surface area (Å²) in [6.45, 7) is 0. The Kier molecular flexibility index (Phi) is 2.01. The minimum Gasteiger partial charge on any atom is -0.382 e. The van der Waals surface area contributed by atoms with E-state index in [0.717, 1.165) is 16.3 Å². The van der Waals surface area contributed by atoms with Crippen LogP contribution in [-0.2, 0) is 0 Å². The topological polar surface area (TPSA) is 68.9 Å². The molecule has 82 valence electrons. The van der Waals surface area contributed by atoms with Crippen LogP contribution in [0.1, 0.15) is 10.5 Å². The van der Waals surface area contributed by atoms with Crippen molar-refractivity contribution in [3.63, 3.8) is 0 Å². The van der Waals surface area contributed by atoms with E-state index < -0.39 is 0 Å². The van der Waals surface area contributed by atoms with Crippen molar-refractivity contribution in [2.75, 3.05) is 5.73 Å². The number of rotatable bonds is 1. The average molecular weight is 223 g/mol. The molecule has 3 rings (SSSR count). The second-order valence-corrected chi connectivity index (χ2v) is 3.76. The molecule has 0 fully saturated rings. The number of para-hydroxylation sites is 1. The maximum absolute atomic E-state index is 10.7. The van der Waals surface area contributed by atoms with Crippen LogP contribution in [0, 0.1) is 0 Å². The first-order chi connectivity index (χ1) is 8.29. The third kappa shape index (κ3) is 1.42. The second-order valence-electron chi connectivity index (χ2n) is 3.76. The van der Waals surface area contributed by atoms with Crippen molar-refractivity contribution in [1.29, 1.82) is 0 Å². The highest BCUT2D eigenvalue weighted by molar-refractivity contribution is 6.08. The van der Waals surface area contributed by atoms with Gasteiger partial charge in [-0.2, -0.15) is 0 Å². The van der Waals surface area contributed by atoms with Crippen LogP contribution in [0.2, 0.25) is 0 Å². The second kappa shape index (κ2) is 3.52. The Hall–Kier alpha value is -2.49. The summed E-state index contributed by atoms with van der Waals surface area (Å²) >= 11 is 0. The van der Waals surface area contributed by atoms with E-state index in [0.29, 0.717) is 23.3 Å². The number of nitrogens with zero attached hydrogens (tertiary/aromatic N) is 2. The average Bonchev–Trinajstić information content (AvgIpc) is 2.38. The number of pyridine rings is 2. The molecule has 3 aromatic rings. The molecule has 0 aliphatic carbocycles. The normalized spacial score (nSPS) is 10.8. The molecule has 1 aromatic carbocycles. The molecule has 0 saturated heterocycles. The molecule has 0 radical (unpaired) electrons. The zero-order valence-electron chi connectivity index (χ0n) is 8.92. The number of hydrogen-bond donors (Lipinski definition) is 1. The molecule has 2 heterocycles. The largest absolute Gasteiger partial charge is 0.382 e. The Balaban J connectivity index is 2.53. The van der Waals surface area contributed by atoms with Crippen LogP contribution in [0.3, 0.4) is 0 Å². The molecule has 17 heavy (non-hydrogen) atoms. The number of anilines is 1. The van der Waals surface area contributed by atoms with E-state index in [-0.39, 0.29) is 0 Å². The smallest absolute Gasteiger partial charge is 0.168 e. The lowest BCUT2D eigenvalue weighted by Crippen LogP contribution is -1.97. The lowest BCUT2D eigenvalue weighted by atomic mass is 10.1. The molecule has 0 aliphatic heterocycles. The number of nitrogens with two attached hydrogens (primary N) is 1. The summed E-state index contributed by atoms with van der Waals surface area (Å²) in [4.78, 5) is 19.2. The van der Waals surface area contributed by atoms with Crippen LogP contribution in [0.25, 0.3) is 21.8 Å². The van der Waals surface area contributed by atoms with Crippen molar-refractivity contribution in [2.45, 2.75) is 0 Å². The number of aromatic nitrogens is 2. The van der Waals surface area contributed by atoms with Crippen molar-refractivity contribution in [3.05, 3.63) is 42.1 Å². The summed E-state index contributed by atoms with van der Waals surface area (Å²) in [5, 5.41) is 1.90. The Morgan fingerprint density at radius 2 is 1.82 bits per heavy atom. The van der Waals surface area contributed by atoms with Crippen LogP contribution >= 0.6 is 0 Å². The van der Waals surface area contributed by atoms with Crippen LogP contribution < -0.4 is 5.73 Å². The minimum absolute atomic E-state index is 0.349. The fraction of sp³-hybridized carbons (Fsp3) is 0. The first-order valence-corrected chi connectivity index (χ1v) is 5.20. The minimum atomic E-state index is 0.349. The van der Waals surface area contributed by atoms with Gasteiger partial charge in [0.05, 0.1) is 5.52 Å². The van der Waals surface area contributed by atoms with Crippen molar-refractivity contribution in [3.8, 4) is 0 Å². The van der Waals surface area contributed by atoms with Crippen LogP contribution in [-0.4, -0.2) is 16.3 Å². The van der Waals surface area contributed by atoms with Crippen molar-refractivity contribution in [2.24, 2.45) is 0 Å². The van der Waals surface area contributed by atoms with Gasteiger partial charge in [0.25, 0.3) is 0 Å². The standard InChI is InChI=1S/C13H9N3O/c14-13-12-10(6-5-8(7-17)15-12)9-3-1-2-4-11(9)16-13/h1-7H,(H2,14,16). The maximum Gasteiger partial charge on any atom is 0.168 e. The molecular formula is C13H9N3O. The van der Waals surface area contributed by atoms with Crippen LogP contribution in [0.5, 0.6) is 0 Å². The first kappa shape index (κ1) is 9.72. The molecular weight excluding hydrogens is 214 g/mol. The fourth-order valence-electron chi connectivity index (χ4n) is 1.93.